The first-order chi connectivity index (χ1) is 12.6. The Bertz CT molecular complexity index is 843. The van der Waals surface area contributed by atoms with Crippen LogP contribution in [0.4, 0.5) is 0 Å². The first kappa shape index (κ1) is 18.4. The minimum absolute atomic E-state index is 0.141. The van der Waals surface area contributed by atoms with E-state index in [-0.39, 0.29) is 4.90 Å². The van der Waals surface area contributed by atoms with Crippen LogP contribution >= 0.6 is 0 Å². The third-order valence-corrected chi connectivity index (χ3v) is 5.26. The summed E-state index contributed by atoms with van der Waals surface area (Å²) in [7, 11) is -3.84. The summed E-state index contributed by atoms with van der Waals surface area (Å²) in [5.74, 6) is 1.08. The minimum Gasteiger partial charge on any atom is -0.494 e. The van der Waals surface area contributed by atoms with Crippen molar-refractivity contribution in [3.63, 3.8) is 0 Å². The monoisotopic (exact) mass is 374 g/mol. The van der Waals surface area contributed by atoms with Crippen molar-refractivity contribution in [2.24, 2.45) is 4.40 Å². The summed E-state index contributed by atoms with van der Waals surface area (Å²) in [6, 6.07) is 15.7. The zero-order chi connectivity index (χ0) is 18.4. The van der Waals surface area contributed by atoms with Crippen LogP contribution in [-0.2, 0) is 14.8 Å². The standard InChI is InChI=1S/C19H22N2O4S/c1-2-25-17-8-10-18(11-9-17)26(22,23)20-19(16-6-4-3-5-7-16)21-12-14-24-15-13-21/h3-11H,2,12-15H2,1H3/b20-19+. The molecule has 0 aromatic heterocycles. The first-order valence-electron chi connectivity index (χ1n) is 8.56. The SMILES string of the molecule is CCOc1ccc(S(=O)(=O)/N=C(\c2ccccc2)N2CCOCC2)cc1. The van der Waals surface area contributed by atoms with Crippen LogP contribution < -0.4 is 4.74 Å². The van der Waals surface area contributed by atoms with Gasteiger partial charge in [-0.15, -0.1) is 4.40 Å². The van der Waals surface area contributed by atoms with Crippen molar-refractivity contribution in [1.82, 2.24) is 4.90 Å². The van der Waals surface area contributed by atoms with Crippen LogP contribution in [0.3, 0.4) is 0 Å². The molecule has 1 aliphatic heterocycles. The summed E-state index contributed by atoms with van der Waals surface area (Å²) >= 11 is 0. The van der Waals surface area contributed by atoms with E-state index in [0.717, 1.165) is 5.56 Å². The van der Waals surface area contributed by atoms with E-state index in [2.05, 4.69) is 4.40 Å². The molecule has 1 heterocycles. The molecule has 0 spiro atoms. The fourth-order valence-corrected chi connectivity index (χ4v) is 3.73. The molecule has 1 saturated heterocycles. The van der Waals surface area contributed by atoms with Gasteiger partial charge in [-0.2, -0.15) is 8.42 Å². The molecule has 0 aliphatic carbocycles. The summed E-state index contributed by atoms with van der Waals surface area (Å²) in [4.78, 5) is 2.09. The third kappa shape index (κ3) is 4.42. The van der Waals surface area contributed by atoms with E-state index < -0.39 is 10.0 Å². The maximum absolute atomic E-state index is 12.8. The van der Waals surface area contributed by atoms with Gasteiger partial charge >= 0.3 is 0 Å². The highest BCUT2D eigenvalue weighted by Gasteiger charge is 2.21. The van der Waals surface area contributed by atoms with Gasteiger partial charge < -0.3 is 14.4 Å². The van der Waals surface area contributed by atoms with Gasteiger partial charge in [0.1, 0.15) is 11.6 Å². The van der Waals surface area contributed by atoms with Crippen molar-refractivity contribution in [1.29, 1.82) is 0 Å². The molecule has 6 nitrogen and oxygen atoms in total. The molecule has 3 rings (SSSR count). The Balaban J connectivity index is 1.97. The number of ether oxygens (including phenoxy) is 2. The topological polar surface area (TPSA) is 68.2 Å². The predicted molar refractivity (Wildman–Crippen MR) is 100 cm³/mol. The molecule has 0 unspecified atom stereocenters. The molecule has 138 valence electrons. The summed E-state index contributed by atoms with van der Waals surface area (Å²) in [6.45, 7) is 4.71. The van der Waals surface area contributed by atoms with Gasteiger partial charge in [0, 0.05) is 18.7 Å². The van der Waals surface area contributed by atoms with E-state index in [1.54, 1.807) is 12.1 Å². The number of amidine groups is 1. The van der Waals surface area contributed by atoms with Crippen LogP contribution in [-0.4, -0.2) is 52.1 Å². The van der Waals surface area contributed by atoms with Gasteiger partial charge in [-0.05, 0) is 31.2 Å². The van der Waals surface area contributed by atoms with Crippen molar-refractivity contribution in [2.45, 2.75) is 11.8 Å². The van der Waals surface area contributed by atoms with Crippen LogP contribution in [0.2, 0.25) is 0 Å². The molecule has 1 aliphatic rings. The zero-order valence-corrected chi connectivity index (χ0v) is 15.5. The quantitative estimate of drug-likeness (QED) is 0.594. The van der Waals surface area contributed by atoms with Crippen LogP contribution in [0, 0.1) is 0 Å². The smallest absolute Gasteiger partial charge is 0.284 e. The average molecular weight is 374 g/mol. The van der Waals surface area contributed by atoms with Crippen molar-refractivity contribution in [2.75, 3.05) is 32.9 Å². The highest BCUT2D eigenvalue weighted by atomic mass is 32.2. The Morgan fingerprint density at radius 3 is 2.35 bits per heavy atom. The number of nitrogens with zero attached hydrogens (tertiary/aromatic N) is 2. The summed E-state index contributed by atoms with van der Waals surface area (Å²) < 4.78 is 40.6. The van der Waals surface area contributed by atoms with E-state index >= 15 is 0 Å². The van der Waals surface area contributed by atoms with Crippen LogP contribution in [0.5, 0.6) is 5.75 Å². The predicted octanol–water partition coefficient (Wildman–Crippen LogP) is 2.55. The molecule has 0 bridgehead atoms. The van der Waals surface area contributed by atoms with Crippen LogP contribution in [0.1, 0.15) is 12.5 Å². The first-order valence-corrected chi connectivity index (χ1v) is 10.00. The normalized spacial score (nSPS) is 15.7. The van der Waals surface area contributed by atoms with Gasteiger partial charge in [-0.3, -0.25) is 0 Å². The maximum Gasteiger partial charge on any atom is 0.284 e. The lowest BCUT2D eigenvalue weighted by Gasteiger charge is -2.29. The lowest BCUT2D eigenvalue weighted by atomic mass is 10.2. The van der Waals surface area contributed by atoms with Crippen molar-refractivity contribution < 1.29 is 17.9 Å². The lowest BCUT2D eigenvalue weighted by Crippen LogP contribution is -2.41. The molecule has 0 atom stereocenters. The molecule has 0 amide bonds. The van der Waals surface area contributed by atoms with E-state index in [9.17, 15) is 8.42 Å². The molecule has 0 N–H and O–H groups in total. The molecular weight excluding hydrogens is 352 g/mol. The van der Waals surface area contributed by atoms with Crippen molar-refractivity contribution in [3.05, 3.63) is 60.2 Å². The second kappa shape index (κ2) is 8.33. The highest BCUT2D eigenvalue weighted by Crippen LogP contribution is 2.20. The highest BCUT2D eigenvalue weighted by molar-refractivity contribution is 7.90. The molecule has 7 heteroatoms. The van der Waals surface area contributed by atoms with Gasteiger partial charge in [0.05, 0.1) is 24.7 Å². The fraction of sp³-hybridized carbons (Fsp3) is 0.316. The molecule has 1 fully saturated rings. The van der Waals surface area contributed by atoms with Gasteiger partial charge in [0.25, 0.3) is 10.0 Å². The van der Waals surface area contributed by atoms with Gasteiger partial charge in [0.2, 0.25) is 0 Å². The summed E-state index contributed by atoms with van der Waals surface area (Å²) in [5, 5.41) is 0. The third-order valence-electron chi connectivity index (χ3n) is 3.98. The molecule has 2 aromatic rings. The number of sulfonamides is 1. The minimum atomic E-state index is -3.84. The Labute approximate surface area is 154 Å². The average Bonchev–Trinajstić information content (AvgIpc) is 2.68. The van der Waals surface area contributed by atoms with E-state index in [0.29, 0.717) is 44.5 Å². The van der Waals surface area contributed by atoms with Gasteiger partial charge in [-0.1, -0.05) is 30.3 Å². The number of rotatable bonds is 5. The van der Waals surface area contributed by atoms with Crippen molar-refractivity contribution >= 4 is 15.9 Å². The number of hydrogen-bond donors (Lipinski definition) is 0. The lowest BCUT2D eigenvalue weighted by molar-refractivity contribution is 0.0683. The van der Waals surface area contributed by atoms with Gasteiger partial charge in [0.15, 0.2) is 0 Å². The molecule has 2 aromatic carbocycles. The fourth-order valence-electron chi connectivity index (χ4n) is 2.70. The number of morpholine rings is 1. The van der Waals surface area contributed by atoms with Crippen LogP contribution in [0.25, 0.3) is 0 Å². The van der Waals surface area contributed by atoms with E-state index in [1.807, 2.05) is 42.2 Å². The second-order valence-electron chi connectivity index (χ2n) is 5.76. The number of hydrogen-bond acceptors (Lipinski definition) is 4. The Morgan fingerprint density at radius 1 is 1.08 bits per heavy atom. The largest absolute Gasteiger partial charge is 0.494 e. The van der Waals surface area contributed by atoms with Gasteiger partial charge in [-0.25, -0.2) is 0 Å². The molecular formula is C19H22N2O4S. The molecule has 0 radical (unpaired) electrons. The molecule has 26 heavy (non-hydrogen) atoms. The Morgan fingerprint density at radius 2 is 1.73 bits per heavy atom. The summed E-state index contributed by atoms with van der Waals surface area (Å²) in [6.07, 6.45) is 0. The zero-order valence-electron chi connectivity index (χ0n) is 14.7. The van der Waals surface area contributed by atoms with E-state index in [1.165, 1.54) is 12.1 Å². The van der Waals surface area contributed by atoms with Crippen molar-refractivity contribution in [3.8, 4) is 5.75 Å². The number of benzene rings is 2. The van der Waals surface area contributed by atoms with Crippen LogP contribution in [0.15, 0.2) is 63.9 Å². The van der Waals surface area contributed by atoms with E-state index in [4.69, 9.17) is 9.47 Å². The molecule has 0 saturated carbocycles. The Hall–Kier alpha value is -2.38. The second-order valence-corrected chi connectivity index (χ2v) is 7.36. The Kier molecular flexibility index (Phi) is 5.90. The maximum atomic E-state index is 12.8. The summed E-state index contributed by atoms with van der Waals surface area (Å²) in [5.41, 5.74) is 0.768.